The number of aliphatic hydroxyl groups is 1. The Hall–Kier alpha value is -2.70. The first kappa shape index (κ1) is 17.1. The Bertz CT molecular complexity index is 851. The molecular weight excluding hydrogens is 340 g/mol. The van der Waals surface area contributed by atoms with Crippen LogP contribution in [0.5, 0.6) is 0 Å². The fourth-order valence-electron chi connectivity index (χ4n) is 2.34. The minimum absolute atomic E-state index is 0.0484. The molecule has 1 atom stereocenters. The van der Waals surface area contributed by atoms with Crippen LogP contribution in [0.3, 0.4) is 0 Å². The highest BCUT2D eigenvalue weighted by Crippen LogP contribution is 2.15. The van der Waals surface area contributed by atoms with Crippen LogP contribution in [-0.2, 0) is 13.1 Å². The summed E-state index contributed by atoms with van der Waals surface area (Å²) in [6, 6.07) is 16.5. The van der Waals surface area contributed by atoms with Crippen molar-refractivity contribution in [2.75, 3.05) is 0 Å². The van der Waals surface area contributed by atoms with Crippen LogP contribution in [0.25, 0.3) is 0 Å². The van der Waals surface area contributed by atoms with Crippen molar-refractivity contribution in [2.24, 2.45) is 0 Å². The Morgan fingerprint density at radius 3 is 2.64 bits per heavy atom. The molecule has 1 amide bonds. The topological polar surface area (TPSA) is 80.0 Å². The maximum atomic E-state index is 12.1. The molecule has 1 unspecified atom stereocenters. The van der Waals surface area contributed by atoms with Crippen molar-refractivity contribution in [2.45, 2.75) is 19.2 Å². The lowest BCUT2D eigenvalue weighted by Gasteiger charge is -2.10. The van der Waals surface area contributed by atoms with Crippen LogP contribution >= 0.6 is 11.6 Å². The maximum absolute atomic E-state index is 12.1. The van der Waals surface area contributed by atoms with Crippen LogP contribution in [0.1, 0.15) is 27.8 Å². The van der Waals surface area contributed by atoms with E-state index in [2.05, 4.69) is 15.4 Å². The van der Waals surface area contributed by atoms with Gasteiger partial charge in [0.15, 0.2) is 0 Å². The van der Waals surface area contributed by atoms with E-state index < -0.39 is 12.0 Å². The number of nitrogens with zero attached hydrogens (tertiary/aromatic N) is 3. The zero-order chi connectivity index (χ0) is 17.6. The predicted octanol–water partition coefficient (Wildman–Crippen LogP) is 2.60. The van der Waals surface area contributed by atoms with E-state index in [0.29, 0.717) is 11.6 Å². The third-order valence-electron chi connectivity index (χ3n) is 3.68. The van der Waals surface area contributed by atoms with Crippen molar-refractivity contribution in [1.29, 1.82) is 0 Å². The summed E-state index contributed by atoms with van der Waals surface area (Å²) >= 11 is 6.06. The lowest BCUT2D eigenvalue weighted by molar-refractivity contribution is 0.0938. The Labute approximate surface area is 150 Å². The SMILES string of the molecule is O=C(NCc1ccccc1Cl)c1ncn(CC(O)c2ccccc2)n1. The fourth-order valence-corrected chi connectivity index (χ4v) is 2.54. The zero-order valence-electron chi connectivity index (χ0n) is 13.3. The number of carbonyl (C=O) groups is 1. The van der Waals surface area contributed by atoms with Crippen molar-refractivity contribution in [3.05, 3.63) is 82.9 Å². The van der Waals surface area contributed by atoms with Crippen LogP contribution in [0, 0.1) is 0 Å². The van der Waals surface area contributed by atoms with Crippen molar-refractivity contribution in [1.82, 2.24) is 20.1 Å². The van der Waals surface area contributed by atoms with E-state index in [-0.39, 0.29) is 12.4 Å². The summed E-state index contributed by atoms with van der Waals surface area (Å²) in [6.07, 6.45) is 0.707. The molecule has 3 aromatic rings. The molecule has 1 heterocycles. The highest BCUT2D eigenvalue weighted by Gasteiger charge is 2.14. The molecule has 2 N–H and O–H groups in total. The van der Waals surface area contributed by atoms with Gasteiger partial charge < -0.3 is 10.4 Å². The second-order valence-corrected chi connectivity index (χ2v) is 5.90. The van der Waals surface area contributed by atoms with Crippen molar-refractivity contribution in [3.8, 4) is 0 Å². The van der Waals surface area contributed by atoms with Gasteiger partial charge in [0.25, 0.3) is 5.91 Å². The van der Waals surface area contributed by atoms with Gasteiger partial charge in [-0.3, -0.25) is 4.79 Å². The number of hydrogen-bond donors (Lipinski definition) is 2. The van der Waals surface area contributed by atoms with E-state index in [0.717, 1.165) is 11.1 Å². The van der Waals surface area contributed by atoms with Crippen LogP contribution < -0.4 is 5.32 Å². The molecule has 7 heteroatoms. The molecule has 128 valence electrons. The molecule has 0 aliphatic carbocycles. The van der Waals surface area contributed by atoms with Crippen LogP contribution in [-0.4, -0.2) is 25.8 Å². The molecule has 3 rings (SSSR count). The molecule has 0 radical (unpaired) electrons. The highest BCUT2D eigenvalue weighted by molar-refractivity contribution is 6.31. The lowest BCUT2D eigenvalue weighted by Crippen LogP contribution is -2.24. The monoisotopic (exact) mass is 356 g/mol. The quantitative estimate of drug-likeness (QED) is 0.711. The summed E-state index contributed by atoms with van der Waals surface area (Å²) < 4.78 is 1.45. The van der Waals surface area contributed by atoms with E-state index in [4.69, 9.17) is 11.6 Å². The molecule has 0 bridgehead atoms. The standard InChI is InChI=1S/C18H17ClN4O2/c19-15-9-5-4-8-14(15)10-20-18(25)17-21-12-23(22-17)11-16(24)13-6-2-1-3-7-13/h1-9,12,16,24H,10-11H2,(H,20,25). The van der Waals surface area contributed by atoms with Gasteiger partial charge in [0.2, 0.25) is 5.82 Å². The number of nitrogens with one attached hydrogen (secondary N) is 1. The van der Waals surface area contributed by atoms with Crippen molar-refractivity contribution in [3.63, 3.8) is 0 Å². The van der Waals surface area contributed by atoms with Gasteiger partial charge in [0.05, 0.1) is 12.6 Å². The number of aromatic nitrogens is 3. The predicted molar refractivity (Wildman–Crippen MR) is 94.0 cm³/mol. The van der Waals surface area contributed by atoms with Crippen LogP contribution in [0.15, 0.2) is 60.9 Å². The van der Waals surface area contributed by atoms with E-state index in [1.807, 2.05) is 48.5 Å². The number of benzene rings is 2. The smallest absolute Gasteiger partial charge is 0.291 e. The molecule has 0 spiro atoms. The number of hydrogen-bond acceptors (Lipinski definition) is 4. The maximum Gasteiger partial charge on any atom is 0.291 e. The average molecular weight is 357 g/mol. The van der Waals surface area contributed by atoms with Gasteiger partial charge in [0.1, 0.15) is 6.33 Å². The van der Waals surface area contributed by atoms with Gasteiger partial charge >= 0.3 is 0 Å². The van der Waals surface area contributed by atoms with Gasteiger partial charge in [-0.25, -0.2) is 9.67 Å². The molecule has 0 fully saturated rings. The molecule has 25 heavy (non-hydrogen) atoms. The largest absolute Gasteiger partial charge is 0.386 e. The fraction of sp³-hybridized carbons (Fsp3) is 0.167. The summed E-state index contributed by atoms with van der Waals surface area (Å²) in [5, 5.41) is 17.6. The lowest BCUT2D eigenvalue weighted by atomic mass is 10.1. The summed E-state index contributed by atoms with van der Waals surface area (Å²) in [5.41, 5.74) is 1.60. The van der Waals surface area contributed by atoms with Crippen molar-refractivity contribution >= 4 is 17.5 Å². The zero-order valence-corrected chi connectivity index (χ0v) is 14.1. The van der Waals surface area contributed by atoms with Gasteiger partial charge in [-0.1, -0.05) is 60.1 Å². The van der Waals surface area contributed by atoms with Gasteiger partial charge in [-0.05, 0) is 17.2 Å². The number of aliphatic hydroxyl groups excluding tert-OH is 1. The van der Waals surface area contributed by atoms with E-state index >= 15 is 0 Å². The molecular formula is C18H17ClN4O2. The summed E-state index contributed by atoms with van der Waals surface area (Å²) in [6.45, 7) is 0.508. The van der Waals surface area contributed by atoms with Gasteiger partial charge in [-0.15, -0.1) is 5.10 Å². The summed E-state index contributed by atoms with van der Waals surface area (Å²) in [4.78, 5) is 16.1. The van der Waals surface area contributed by atoms with Crippen LogP contribution in [0.4, 0.5) is 0 Å². The minimum atomic E-state index is -0.720. The molecule has 0 aliphatic heterocycles. The second kappa shape index (κ2) is 7.92. The second-order valence-electron chi connectivity index (χ2n) is 5.49. The minimum Gasteiger partial charge on any atom is -0.386 e. The highest BCUT2D eigenvalue weighted by atomic mass is 35.5. The summed E-state index contributed by atoms with van der Waals surface area (Å²) in [7, 11) is 0. The van der Waals surface area contributed by atoms with E-state index in [1.165, 1.54) is 11.0 Å². The van der Waals surface area contributed by atoms with Gasteiger partial charge in [-0.2, -0.15) is 0 Å². The Balaban J connectivity index is 1.59. The molecule has 0 saturated carbocycles. The van der Waals surface area contributed by atoms with E-state index in [9.17, 15) is 9.90 Å². The average Bonchev–Trinajstić information content (AvgIpc) is 3.10. The molecule has 6 nitrogen and oxygen atoms in total. The number of carbonyl (C=O) groups excluding carboxylic acids is 1. The third kappa shape index (κ3) is 4.43. The number of halogens is 1. The first-order chi connectivity index (χ1) is 12.1. The molecule has 0 saturated heterocycles. The Kier molecular flexibility index (Phi) is 5.42. The first-order valence-electron chi connectivity index (χ1n) is 7.77. The Morgan fingerprint density at radius 1 is 1.16 bits per heavy atom. The van der Waals surface area contributed by atoms with Gasteiger partial charge in [0, 0.05) is 11.6 Å². The normalized spacial score (nSPS) is 11.9. The summed E-state index contributed by atoms with van der Waals surface area (Å²) in [5.74, 6) is -0.347. The third-order valence-corrected chi connectivity index (χ3v) is 4.05. The first-order valence-corrected chi connectivity index (χ1v) is 8.15. The number of amides is 1. The Morgan fingerprint density at radius 2 is 1.88 bits per heavy atom. The van der Waals surface area contributed by atoms with Crippen LogP contribution in [0.2, 0.25) is 5.02 Å². The molecule has 1 aromatic heterocycles. The van der Waals surface area contributed by atoms with E-state index in [1.54, 1.807) is 6.07 Å². The number of rotatable bonds is 6. The molecule has 0 aliphatic rings. The van der Waals surface area contributed by atoms with Crippen molar-refractivity contribution < 1.29 is 9.90 Å². The molecule has 2 aromatic carbocycles.